The first-order valence-electron chi connectivity index (χ1n) is 9.78. The van der Waals surface area contributed by atoms with Gasteiger partial charge in [0.1, 0.15) is 6.10 Å². The number of hydrazine groups is 1. The third-order valence-corrected chi connectivity index (χ3v) is 5.44. The lowest BCUT2D eigenvalue weighted by atomic mass is 9.84. The Morgan fingerprint density at radius 1 is 1.15 bits per heavy atom. The molecule has 1 aromatic carbocycles. The van der Waals surface area contributed by atoms with Crippen molar-refractivity contribution in [3.05, 3.63) is 35.4 Å². The van der Waals surface area contributed by atoms with Gasteiger partial charge in [0.2, 0.25) is 0 Å². The van der Waals surface area contributed by atoms with E-state index < -0.39 is 24.0 Å². The first kappa shape index (κ1) is 21.5. The van der Waals surface area contributed by atoms with Crippen molar-refractivity contribution in [3.8, 4) is 0 Å². The van der Waals surface area contributed by atoms with E-state index in [4.69, 9.17) is 11.6 Å². The summed E-state index contributed by atoms with van der Waals surface area (Å²) in [5, 5.41) is 10.8. The number of carbonyl (C=O) groups is 2. The van der Waals surface area contributed by atoms with Gasteiger partial charge in [0.05, 0.1) is 0 Å². The van der Waals surface area contributed by atoms with Crippen LogP contribution in [0.1, 0.15) is 75.2 Å². The second-order valence-corrected chi connectivity index (χ2v) is 8.69. The van der Waals surface area contributed by atoms with Crippen LogP contribution in [-0.4, -0.2) is 34.1 Å². The van der Waals surface area contributed by atoms with Crippen LogP contribution in [0.5, 0.6) is 0 Å². The Labute approximate surface area is 161 Å². The van der Waals surface area contributed by atoms with Gasteiger partial charge >= 0.3 is 0 Å². The smallest absolute Gasteiger partial charge is 0.274 e. The number of imide groups is 1. The van der Waals surface area contributed by atoms with Crippen molar-refractivity contribution in [2.75, 3.05) is 0 Å². The number of aliphatic hydroxyl groups excluding tert-OH is 1. The van der Waals surface area contributed by atoms with Gasteiger partial charge in [0.15, 0.2) is 0 Å². The molecular formula is C21H33N3O3. The second-order valence-electron chi connectivity index (χ2n) is 8.69. The summed E-state index contributed by atoms with van der Waals surface area (Å²) in [5.41, 5.74) is 7.36. The number of rotatable bonds is 5. The largest absolute Gasteiger partial charge is 0.382 e. The zero-order chi connectivity index (χ0) is 20.2. The predicted octanol–water partition coefficient (Wildman–Crippen LogP) is 2.49. The highest BCUT2D eigenvalue weighted by molar-refractivity contribution is 6.05. The molecular weight excluding hydrogens is 342 g/mol. The minimum absolute atomic E-state index is 0.0398. The summed E-state index contributed by atoms with van der Waals surface area (Å²) in [6.07, 6.45) is 4.78. The molecule has 150 valence electrons. The Bertz CT molecular complexity index is 646. The fourth-order valence-electron chi connectivity index (χ4n) is 3.61. The molecule has 0 aromatic heterocycles. The fourth-order valence-corrected chi connectivity index (χ4v) is 3.61. The fraction of sp³-hybridized carbons (Fsp3) is 0.619. The van der Waals surface area contributed by atoms with Crippen molar-refractivity contribution in [1.82, 2.24) is 5.01 Å². The van der Waals surface area contributed by atoms with E-state index in [1.54, 1.807) is 12.1 Å². The average molecular weight is 376 g/mol. The molecule has 0 saturated heterocycles. The van der Waals surface area contributed by atoms with E-state index in [0.717, 1.165) is 31.2 Å². The van der Waals surface area contributed by atoms with Gasteiger partial charge < -0.3 is 10.8 Å². The summed E-state index contributed by atoms with van der Waals surface area (Å²) in [6.45, 7) is 6.23. The molecule has 27 heavy (non-hydrogen) atoms. The molecule has 0 spiro atoms. The SMILES string of the molecule is CC(C)(C)c1ccc(C(=O)N(N)C(=O)C(O)[C@H](N)CC2CCCCC2)cc1. The van der Waals surface area contributed by atoms with Crippen LogP contribution in [0.25, 0.3) is 0 Å². The van der Waals surface area contributed by atoms with E-state index in [2.05, 4.69) is 20.8 Å². The van der Waals surface area contributed by atoms with Crippen molar-refractivity contribution < 1.29 is 14.7 Å². The summed E-state index contributed by atoms with van der Waals surface area (Å²) in [6, 6.07) is 6.25. The van der Waals surface area contributed by atoms with Gasteiger partial charge in [-0.3, -0.25) is 9.59 Å². The summed E-state index contributed by atoms with van der Waals surface area (Å²) in [7, 11) is 0. The Morgan fingerprint density at radius 2 is 1.70 bits per heavy atom. The van der Waals surface area contributed by atoms with Crippen LogP contribution in [-0.2, 0) is 10.2 Å². The van der Waals surface area contributed by atoms with Crippen LogP contribution in [0.2, 0.25) is 0 Å². The first-order chi connectivity index (χ1) is 12.6. The van der Waals surface area contributed by atoms with Crippen molar-refractivity contribution in [2.24, 2.45) is 17.5 Å². The highest BCUT2D eigenvalue weighted by Crippen LogP contribution is 2.27. The number of carbonyl (C=O) groups excluding carboxylic acids is 2. The predicted molar refractivity (Wildman–Crippen MR) is 106 cm³/mol. The van der Waals surface area contributed by atoms with E-state index >= 15 is 0 Å². The van der Waals surface area contributed by atoms with Crippen LogP contribution >= 0.6 is 0 Å². The zero-order valence-electron chi connectivity index (χ0n) is 16.6. The molecule has 2 atom stereocenters. The van der Waals surface area contributed by atoms with Crippen molar-refractivity contribution in [1.29, 1.82) is 0 Å². The summed E-state index contributed by atoms with van der Waals surface area (Å²) >= 11 is 0. The van der Waals surface area contributed by atoms with Gasteiger partial charge in [-0.2, -0.15) is 0 Å². The van der Waals surface area contributed by atoms with Crippen LogP contribution < -0.4 is 11.6 Å². The second kappa shape index (κ2) is 8.95. The summed E-state index contributed by atoms with van der Waals surface area (Å²) in [4.78, 5) is 24.9. The molecule has 1 aliphatic rings. The molecule has 0 bridgehead atoms. The Kier molecular flexibility index (Phi) is 7.14. The Hall–Kier alpha value is -1.76. The molecule has 1 fully saturated rings. The maximum absolute atomic E-state index is 12.5. The maximum Gasteiger partial charge on any atom is 0.274 e. The normalized spacial score (nSPS) is 18.0. The zero-order valence-corrected chi connectivity index (χ0v) is 16.6. The Morgan fingerprint density at radius 3 is 2.22 bits per heavy atom. The molecule has 1 saturated carbocycles. The molecule has 1 aliphatic carbocycles. The molecule has 0 heterocycles. The van der Waals surface area contributed by atoms with Crippen molar-refractivity contribution >= 4 is 11.8 Å². The van der Waals surface area contributed by atoms with Gasteiger partial charge in [-0.05, 0) is 35.4 Å². The van der Waals surface area contributed by atoms with Crippen molar-refractivity contribution in [3.63, 3.8) is 0 Å². The van der Waals surface area contributed by atoms with E-state index in [1.807, 2.05) is 12.1 Å². The topological polar surface area (TPSA) is 110 Å². The number of amides is 2. The quantitative estimate of drug-likeness (QED) is 0.416. The number of aliphatic hydroxyl groups is 1. The van der Waals surface area contributed by atoms with E-state index in [1.165, 1.54) is 6.42 Å². The lowest BCUT2D eigenvalue weighted by molar-refractivity contribution is -0.138. The van der Waals surface area contributed by atoms with Crippen LogP contribution in [0, 0.1) is 5.92 Å². The Balaban J connectivity index is 1.98. The molecule has 0 aliphatic heterocycles. The summed E-state index contributed by atoms with van der Waals surface area (Å²) in [5.74, 6) is 4.62. The number of hydrogen-bond donors (Lipinski definition) is 3. The third-order valence-electron chi connectivity index (χ3n) is 5.44. The number of benzene rings is 1. The maximum atomic E-state index is 12.5. The molecule has 2 amide bonds. The average Bonchev–Trinajstić information content (AvgIpc) is 2.65. The van der Waals surface area contributed by atoms with Gasteiger partial charge in [0.25, 0.3) is 11.8 Å². The molecule has 0 radical (unpaired) electrons. The van der Waals surface area contributed by atoms with Gasteiger partial charge in [-0.25, -0.2) is 10.9 Å². The van der Waals surface area contributed by atoms with Gasteiger partial charge in [-0.1, -0.05) is 65.0 Å². The lowest BCUT2D eigenvalue weighted by Gasteiger charge is -2.28. The molecule has 1 unspecified atom stereocenters. The van der Waals surface area contributed by atoms with E-state index in [-0.39, 0.29) is 5.41 Å². The van der Waals surface area contributed by atoms with Crippen LogP contribution in [0.4, 0.5) is 0 Å². The lowest BCUT2D eigenvalue weighted by Crippen LogP contribution is -2.53. The third kappa shape index (κ3) is 5.61. The van der Waals surface area contributed by atoms with Crippen molar-refractivity contribution in [2.45, 2.75) is 76.9 Å². The minimum atomic E-state index is -1.48. The molecule has 1 aromatic rings. The highest BCUT2D eigenvalue weighted by Gasteiger charge is 2.32. The van der Waals surface area contributed by atoms with Gasteiger partial charge in [-0.15, -0.1) is 0 Å². The van der Waals surface area contributed by atoms with Crippen LogP contribution in [0.15, 0.2) is 24.3 Å². The highest BCUT2D eigenvalue weighted by atomic mass is 16.3. The minimum Gasteiger partial charge on any atom is -0.382 e. The number of hydrogen-bond acceptors (Lipinski definition) is 5. The molecule has 6 nitrogen and oxygen atoms in total. The van der Waals surface area contributed by atoms with E-state index in [0.29, 0.717) is 22.9 Å². The van der Waals surface area contributed by atoms with Gasteiger partial charge in [0, 0.05) is 11.6 Å². The standard InChI is InChI=1S/C21H33N3O3/c1-21(2,3)16-11-9-15(10-12-16)19(26)24(23)20(27)18(25)17(22)13-14-7-5-4-6-8-14/h9-12,14,17-18,25H,4-8,13,22-23H2,1-3H3/t17-,18?/m1/s1. The molecule has 2 rings (SSSR count). The molecule has 5 N–H and O–H groups in total. The molecule has 6 heteroatoms. The monoisotopic (exact) mass is 375 g/mol. The number of nitrogens with two attached hydrogens (primary N) is 2. The number of nitrogens with zero attached hydrogens (tertiary/aromatic N) is 1. The van der Waals surface area contributed by atoms with E-state index in [9.17, 15) is 14.7 Å². The first-order valence-corrected chi connectivity index (χ1v) is 9.78. The van der Waals surface area contributed by atoms with Crippen LogP contribution in [0.3, 0.4) is 0 Å². The summed E-state index contributed by atoms with van der Waals surface area (Å²) < 4.78 is 0.